The topological polar surface area (TPSA) is 98.7 Å². The number of benzene rings is 1. The Balaban J connectivity index is 2.06. The Bertz CT molecular complexity index is 571. The Morgan fingerprint density at radius 2 is 2.15 bits per heavy atom. The lowest BCUT2D eigenvalue weighted by molar-refractivity contribution is -0.123. The van der Waals surface area contributed by atoms with Gasteiger partial charge < -0.3 is 20.6 Å². The van der Waals surface area contributed by atoms with Crippen molar-refractivity contribution in [2.75, 3.05) is 25.0 Å². The number of carbonyl (C=O) groups excluding carboxylic acids is 2. The zero-order valence-electron chi connectivity index (χ0n) is 11.0. The van der Waals surface area contributed by atoms with E-state index in [9.17, 15) is 14.4 Å². The smallest absolute Gasteiger partial charge is 0.335 e. The van der Waals surface area contributed by atoms with Crippen LogP contribution in [0.15, 0.2) is 18.2 Å². The van der Waals surface area contributed by atoms with Crippen molar-refractivity contribution in [3.05, 3.63) is 29.3 Å². The molecule has 0 aliphatic carbocycles. The molecule has 1 aliphatic heterocycles. The number of nitrogens with zero attached hydrogens (tertiary/aromatic N) is 1. The molecule has 1 saturated heterocycles. The summed E-state index contributed by atoms with van der Waals surface area (Å²) in [6, 6.07) is 4.18. The van der Waals surface area contributed by atoms with Crippen LogP contribution >= 0.6 is 0 Å². The molecule has 7 heteroatoms. The fourth-order valence-corrected chi connectivity index (χ4v) is 2.00. The summed E-state index contributed by atoms with van der Waals surface area (Å²) in [5.41, 5.74) is 1.26. The van der Waals surface area contributed by atoms with Crippen molar-refractivity contribution >= 4 is 23.6 Å². The molecule has 1 fully saturated rings. The number of carboxylic acids is 1. The summed E-state index contributed by atoms with van der Waals surface area (Å²) >= 11 is 0. The highest BCUT2D eigenvalue weighted by Crippen LogP contribution is 2.15. The molecule has 1 aromatic rings. The van der Waals surface area contributed by atoms with Gasteiger partial charge in [-0.25, -0.2) is 9.59 Å². The average molecular weight is 277 g/mol. The van der Waals surface area contributed by atoms with Crippen molar-refractivity contribution in [3.8, 4) is 0 Å². The second-order valence-electron chi connectivity index (χ2n) is 4.54. The summed E-state index contributed by atoms with van der Waals surface area (Å²) in [5.74, 6) is -1.20. The van der Waals surface area contributed by atoms with E-state index in [0.29, 0.717) is 24.3 Å². The van der Waals surface area contributed by atoms with Crippen LogP contribution in [0.5, 0.6) is 0 Å². The molecule has 0 aromatic heterocycles. The highest BCUT2D eigenvalue weighted by Gasteiger charge is 2.21. The van der Waals surface area contributed by atoms with Crippen molar-refractivity contribution < 1.29 is 19.5 Å². The fraction of sp³-hybridized carbons (Fsp3) is 0.308. The van der Waals surface area contributed by atoms with Gasteiger partial charge in [0.15, 0.2) is 0 Å². The molecule has 3 amide bonds. The van der Waals surface area contributed by atoms with Gasteiger partial charge in [0.25, 0.3) is 0 Å². The van der Waals surface area contributed by atoms with Gasteiger partial charge in [0.1, 0.15) is 6.54 Å². The number of amides is 3. The summed E-state index contributed by atoms with van der Waals surface area (Å²) in [6.07, 6.45) is 0. The van der Waals surface area contributed by atoms with Gasteiger partial charge >= 0.3 is 12.0 Å². The van der Waals surface area contributed by atoms with E-state index >= 15 is 0 Å². The Morgan fingerprint density at radius 3 is 2.75 bits per heavy atom. The van der Waals surface area contributed by atoms with Crippen LogP contribution in [0.25, 0.3) is 0 Å². The average Bonchev–Trinajstić information content (AvgIpc) is 2.38. The first-order valence-electron chi connectivity index (χ1n) is 6.14. The standard InChI is InChI=1S/C13H15N3O4/c1-8-6-9(2-3-10(8)12(18)19)15-13(20)16-5-4-14-11(17)7-16/h2-3,6H,4-5,7H2,1H3,(H,14,17)(H,15,20)(H,18,19). The van der Waals surface area contributed by atoms with E-state index in [2.05, 4.69) is 10.6 Å². The van der Waals surface area contributed by atoms with Crippen LogP contribution in [0.1, 0.15) is 15.9 Å². The molecule has 0 unspecified atom stereocenters. The molecule has 106 valence electrons. The quantitative estimate of drug-likeness (QED) is 0.739. The number of nitrogens with one attached hydrogen (secondary N) is 2. The van der Waals surface area contributed by atoms with Crippen LogP contribution in [0.2, 0.25) is 0 Å². The number of aryl methyl sites for hydroxylation is 1. The van der Waals surface area contributed by atoms with E-state index in [1.165, 1.54) is 17.0 Å². The van der Waals surface area contributed by atoms with Gasteiger partial charge in [0, 0.05) is 18.8 Å². The largest absolute Gasteiger partial charge is 0.478 e. The molecule has 0 saturated carbocycles. The van der Waals surface area contributed by atoms with E-state index in [1.54, 1.807) is 13.0 Å². The molecule has 1 heterocycles. The Labute approximate surface area is 115 Å². The highest BCUT2D eigenvalue weighted by molar-refractivity contribution is 5.94. The minimum atomic E-state index is -1.01. The number of rotatable bonds is 2. The summed E-state index contributed by atoms with van der Waals surface area (Å²) in [4.78, 5) is 35.5. The molecule has 0 radical (unpaired) electrons. The van der Waals surface area contributed by atoms with Gasteiger partial charge in [-0.05, 0) is 30.7 Å². The van der Waals surface area contributed by atoms with Gasteiger partial charge in [-0.2, -0.15) is 0 Å². The number of carbonyl (C=O) groups is 3. The Hall–Kier alpha value is -2.57. The molecule has 0 bridgehead atoms. The lowest BCUT2D eigenvalue weighted by Crippen LogP contribution is -2.51. The Kier molecular flexibility index (Phi) is 3.88. The first-order valence-corrected chi connectivity index (χ1v) is 6.14. The molecule has 1 aromatic carbocycles. The number of hydrogen-bond acceptors (Lipinski definition) is 3. The maximum atomic E-state index is 12.0. The number of aromatic carboxylic acids is 1. The van der Waals surface area contributed by atoms with E-state index in [4.69, 9.17) is 5.11 Å². The summed E-state index contributed by atoms with van der Waals surface area (Å²) < 4.78 is 0. The number of hydrogen-bond donors (Lipinski definition) is 3. The number of anilines is 1. The number of urea groups is 1. The van der Waals surface area contributed by atoms with Gasteiger partial charge in [-0.3, -0.25) is 4.79 Å². The van der Waals surface area contributed by atoms with Crippen LogP contribution in [-0.4, -0.2) is 47.5 Å². The monoisotopic (exact) mass is 277 g/mol. The van der Waals surface area contributed by atoms with Crippen LogP contribution in [0.3, 0.4) is 0 Å². The molecule has 1 aliphatic rings. The van der Waals surface area contributed by atoms with E-state index in [1.807, 2.05) is 0 Å². The van der Waals surface area contributed by atoms with Gasteiger partial charge in [-0.15, -0.1) is 0 Å². The second-order valence-corrected chi connectivity index (χ2v) is 4.54. The van der Waals surface area contributed by atoms with E-state index in [-0.39, 0.29) is 24.0 Å². The number of piperazine rings is 1. The first kappa shape index (κ1) is 13.9. The molecular formula is C13H15N3O4. The van der Waals surface area contributed by atoms with Gasteiger partial charge in [0.05, 0.1) is 5.56 Å². The van der Waals surface area contributed by atoms with Crippen LogP contribution in [0, 0.1) is 6.92 Å². The molecule has 0 spiro atoms. The fourth-order valence-electron chi connectivity index (χ4n) is 2.00. The van der Waals surface area contributed by atoms with Crippen molar-refractivity contribution in [1.82, 2.24) is 10.2 Å². The van der Waals surface area contributed by atoms with Crippen LogP contribution in [0.4, 0.5) is 10.5 Å². The predicted octanol–water partition coefficient (Wildman–Crippen LogP) is 0.657. The minimum absolute atomic E-state index is 0.0258. The van der Waals surface area contributed by atoms with E-state index in [0.717, 1.165) is 0 Å². The summed E-state index contributed by atoms with van der Waals surface area (Å²) in [6.45, 7) is 2.57. The molecule has 20 heavy (non-hydrogen) atoms. The first-order chi connectivity index (χ1) is 9.47. The second kappa shape index (κ2) is 5.60. The molecule has 7 nitrogen and oxygen atoms in total. The summed E-state index contributed by atoms with van der Waals surface area (Å²) in [5, 5.41) is 14.2. The van der Waals surface area contributed by atoms with Crippen molar-refractivity contribution in [1.29, 1.82) is 0 Å². The zero-order valence-corrected chi connectivity index (χ0v) is 11.0. The van der Waals surface area contributed by atoms with E-state index < -0.39 is 5.97 Å². The SMILES string of the molecule is Cc1cc(NC(=O)N2CCNC(=O)C2)ccc1C(=O)O. The van der Waals surface area contributed by atoms with Crippen LogP contribution < -0.4 is 10.6 Å². The summed E-state index contributed by atoms with van der Waals surface area (Å²) in [7, 11) is 0. The van der Waals surface area contributed by atoms with Crippen molar-refractivity contribution in [2.24, 2.45) is 0 Å². The van der Waals surface area contributed by atoms with Gasteiger partial charge in [-0.1, -0.05) is 0 Å². The Morgan fingerprint density at radius 1 is 1.40 bits per heavy atom. The lowest BCUT2D eigenvalue weighted by atomic mass is 10.1. The van der Waals surface area contributed by atoms with Gasteiger partial charge in [0.2, 0.25) is 5.91 Å². The van der Waals surface area contributed by atoms with Crippen molar-refractivity contribution in [3.63, 3.8) is 0 Å². The molecular weight excluding hydrogens is 262 g/mol. The van der Waals surface area contributed by atoms with Crippen molar-refractivity contribution in [2.45, 2.75) is 6.92 Å². The normalized spacial score (nSPS) is 14.7. The molecule has 2 rings (SSSR count). The number of carboxylic acid groups (broad SMARTS) is 1. The van der Waals surface area contributed by atoms with Crippen LogP contribution in [-0.2, 0) is 4.79 Å². The molecule has 3 N–H and O–H groups in total. The minimum Gasteiger partial charge on any atom is -0.478 e. The lowest BCUT2D eigenvalue weighted by Gasteiger charge is -2.26. The zero-order chi connectivity index (χ0) is 14.7. The maximum absolute atomic E-state index is 12.0. The third-order valence-corrected chi connectivity index (χ3v) is 3.03. The maximum Gasteiger partial charge on any atom is 0.335 e. The predicted molar refractivity (Wildman–Crippen MR) is 71.7 cm³/mol. The third-order valence-electron chi connectivity index (χ3n) is 3.03. The third kappa shape index (κ3) is 3.05. The highest BCUT2D eigenvalue weighted by atomic mass is 16.4. The molecule has 0 atom stereocenters.